The highest BCUT2D eigenvalue weighted by Gasteiger charge is 2.44. The van der Waals surface area contributed by atoms with E-state index in [1.165, 1.54) is 25.3 Å². The fraction of sp³-hybridized carbons (Fsp3) is 0.611. The second-order valence-electron chi connectivity index (χ2n) is 7.47. The Morgan fingerprint density at radius 1 is 1.33 bits per heavy atom. The first-order chi connectivity index (χ1) is 11.6. The van der Waals surface area contributed by atoms with E-state index in [-0.39, 0.29) is 23.0 Å². The van der Waals surface area contributed by atoms with E-state index in [0.29, 0.717) is 12.3 Å². The van der Waals surface area contributed by atoms with E-state index in [4.69, 9.17) is 5.21 Å². The smallest absolute Gasteiger partial charge is 0.274 e. The monoisotopic (exact) mass is 333 g/mol. The first-order valence-electron chi connectivity index (χ1n) is 8.87. The maximum Gasteiger partial charge on any atom is 0.274 e. The van der Waals surface area contributed by atoms with Gasteiger partial charge < -0.3 is 10.6 Å². The summed E-state index contributed by atoms with van der Waals surface area (Å²) in [6.45, 7) is 1.78. The predicted molar refractivity (Wildman–Crippen MR) is 87.4 cm³/mol. The molecule has 1 aromatic rings. The highest BCUT2D eigenvalue weighted by atomic mass is 19.1. The van der Waals surface area contributed by atoms with Gasteiger partial charge in [0.15, 0.2) is 0 Å². The van der Waals surface area contributed by atoms with Crippen LogP contribution in [0.1, 0.15) is 59.6 Å². The third kappa shape index (κ3) is 2.62. The standard InChI is InChI=1S/C18H24FN3O2/c19-14-9-13(17(23)22-24)8-11-2-6-20-16(15(11)14)12-3-7-21-18(10-12)4-1-5-18/h8-9,12,16,20-21,24H,1-7,10H2,(H,22,23)/t12-,16?/m1/s1. The second-order valence-corrected chi connectivity index (χ2v) is 7.47. The van der Waals surface area contributed by atoms with E-state index >= 15 is 0 Å². The van der Waals surface area contributed by atoms with Crippen LogP contribution in [-0.4, -0.2) is 29.7 Å². The number of piperidine rings is 1. The summed E-state index contributed by atoms with van der Waals surface area (Å²) in [5.74, 6) is -0.593. The van der Waals surface area contributed by atoms with E-state index in [0.717, 1.165) is 37.1 Å². The summed E-state index contributed by atoms with van der Waals surface area (Å²) >= 11 is 0. The molecule has 6 heteroatoms. The molecule has 1 spiro atoms. The summed E-state index contributed by atoms with van der Waals surface area (Å²) in [5.41, 5.74) is 3.64. The van der Waals surface area contributed by atoms with Gasteiger partial charge in [-0.1, -0.05) is 0 Å². The van der Waals surface area contributed by atoms with Crippen molar-refractivity contribution in [3.8, 4) is 0 Å². The molecule has 1 aromatic carbocycles. The minimum absolute atomic E-state index is 0.0135. The molecule has 2 atom stereocenters. The summed E-state index contributed by atoms with van der Waals surface area (Å²) in [4.78, 5) is 11.6. The summed E-state index contributed by atoms with van der Waals surface area (Å²) in [5, 5.41) is 16.0. The predicted octanol–water partition coefficient (Wildman–Crippen LogP) is 2.05. The van der Waals surface area contributed by atoms with Gasteiger partial charge in [0, 0.05) is 22.7 Å². The summed E-state index contributed by atoms with van der Waals surface area (Å²) in [7, 11) is 0. The zero-order chi connectivity index (χ0) is 16.7. The first kappa shape index (κ1) is 16.0. The normalized spacial score (nSPS) is 28.1. The maximum absolute atomic E-state index is 14.8. The summed E-state index contributed by atoms with van der Waals surface area (Å²) < 4.78 is 14.8. The number of nitrogens with one attached hydrogen (secondary N) is 3. The van der Waals surface area contributed by atoms with Gasteiger partial charge in [0.1, 0.15) is 5.82 Å². The van der Waals surface area contributed by atoms with E-state index in [1.807, 2.05) is 0 Å². The van der Waals surface area contributed by atoms with Crippen LogP contribution in [0.4, 0.5) is 4.39 Å². The van der Waals surface area contributed by atoms with Gasteiger partial charge in [0.2, 0.25) is 0 Å². The molecule has 1 saturated carbocycles. The third-order valence-electron chi connectivity index (χ3n) is 6.10. The Morgan fingerprint density at radius 2 is 2.17 bits per heavy atom. The van der Waals surface area contributed by atoms with E-state index in [1.54, 1.807) is 11.5 Å². The maximum atomic E-state index is 14.8. The molecule has 1 amide bonds. The lowest BCUT2D eigenvalue weighted by atomic mass is 9.66. The molecular weight excluding hydrogens is 309 g/mol. The number of hydrogen-bond acceptors (Lipinski definition) is 4. The van der Waals surface area contributed by atoms with E-state index in [9.17, 15) is 9.18 Å². The zero-order valence-electron chi connectivity index (χ0n) is 13.7. The number of carbonyl (C=O) groups excluding carboxylic acids is 1. The number of hydroxylamine groups is 1. The number of hydrogen-bond donors (Lipinski definition) is 4. The topological polar surface area (TPSA) is 73.4 Å². The number of halogens is 1. The van der Waals surface area contributed by atoms with Crippen LogP contribution in [0.2, 0.25) is 0 Å². The van der Waals surface area contributed by atoms with Crippen LogP contribution in [-0.2, 0) is 6.42 Å². The molecule has 0 bridgehead atoms. The molecule has 0 radical (unpaired) electrons. The number of amides is 1. The Morgan fingerprint density at radius 3 is 2.88 bits per heavy atom. The minimum Gasteiger partial charge on any atom is -0.311 e. The number of rotatable bonds is 2. The van der Waals surface area contributed by atoms with Crippen LogP contribution < -0.4 is 16.1 Å². The molecule has 1 unspecified atom stereocenters. The van der Waals surface area contributed by atoms with E-state index in [2.05, 4.69) is 10.6 Å². The fourth-order valence-corrected chi connectivity index (χ4v) is 4.76. The van der Waals surface area contributed by atoms with Crippen molar-refractivity contribution in [1.29, 1.82) is 0 Å². The van der Waals surface area contributed by atoms with Gasteiger partial charge in [-0.25, -0.2) is 9.87 Å². The second kappa shape index (κ2) is 6.10. The van der Waals surface area contributed by atoms with Crippen molar-refractivity contribution in [2.24, 2.45) is 5.92 Å². The van der Waals surface area contributed by atoms with Gasteiger partial charge in [0.25, 0.3) is 5.91 Å². The van der Waals surface area contributed by atoms with Crippen molar-refractivity contribution in [3.63, 3.8) is 0 Å². The van der Waals surface area contributed by atoms with Crippen molar-refractivity contribution in [2.75, 3.05) is 13.1 Å². The quantitative estimate of drug-likeness (QED) is 0.494. The first-order valence-corrected chi connectivity index (χ1v) is 8.87. The average Bonchev–Trinajstić information content (AvgIpc) is 2.59. The minimum atomic E-state index is -0.665. The van der Waals surface area contributed by atoms with Gasteiger partial charge in [-0.2, -0.15) is 0 Å². The molecule has 4 rings (SSSR count). The van der Waals surface area contributed by atoms with Crippen LogP contribution in [0, 0.1) is 11.7 Å². The Hall–Kier alpha value is -1.50. The van der Waals surface area contributed by atoms with Crippen LogP contribution in [0.5, 0.6) is 0 Å². The molecule has 2 fully saturated rings. The lowest BCUT2D eigenvalue weighted by Crippen LogP contribution is -2.57. The third-order valence-corrected chi connectivity index (χ3v) is 6.10. The van der Waals surface area contributed by atoms with Gasteiger partial charge in [-0.05, 0) is 75.2 Å². The molecule has 1 saturated heterocycles. The number of fused-ring (bicyclic) bond motifs is 1. The average molecular weight is 333 g/mol. The van der Waals surface area contributed by atoms with Crippen LogP contribution >= 0.6 is 0 Å². The summed E-state index contributed by atoms with van der Waals surface area (Å²) in [6, 6.07) is 2.97. The van der Waals surface area contributed by atoms with Gasteiger partial charge >= 0.3 is 0 Å². The molecule has 24 heavy (non-hydrogen) atoms. The molecule has 0 aromatic heterocycles. The zero-order valence-corrected chi connectivity index (χ0v) is 13.7. The molecule has 130 valence electrons. The van der Waals surface area contributed by atoms with Crippen LogP contribution in [0.25, 0.3) is 0 Å². The lowest BCUT2D eigenvalue weighted by Gasteiger charge is -2.50. The van der Waals surface area contributed by atoms with Crippen molar-refractivity contribution in [3.05, 3.63) is 34.6 Å². The van der Waals surface area contributed by atoms with Gasteiger partial charge in [-0.15, -0.1) is 0 Å². The van der Waals surface area contributed by atoms with Crippen molar-refractivity contribution >= 4 is 5.91 Å². The van der Waals surface area contributed by atoms with Crippen molar-refractivity contribution < 1.29 is 14.4 Å². The van der Waals surface area contributed by atoms with Gasteiger partial charge in [-0.3, -0.25) is 10.0 Å². The van der Waals surface area contributed by atoms with Gasteiger partial charge in [0.05, 0.1) is 0 Å². The Bertz CT molecular complexity index is 660. The molecule has 4 N–H and O–H groups in total. The Labute approximate surface area is 141 Å². The molecular formula is C18H24FN3O2. The number of carbonyl (C=O) groups is 1. The fourth-order valence-electron chi connectivity index (χ4n) is 4.76. The number of benzene rings is 1. The molecule has 2 aliphatic heterocycles. The summed E-state index contributed by atoms with van der Waals surface area (Å²) in [6.07, 6.45) is 6.55. The lowest BCUT2D eigenvalue weighted by molar-refractivity contribution is 0.0705. The molecule has 5 nitrogen and oxygen atoms in total. The molecule has 2 heterocycles. The SMILES string of the molecule is O=C(NO)c1cc(F)c2c(c1)CCNC2[C@@H]1CCNC2(CCC2)C1. The Kier molecular flexibility index (Phi) is 4.06. The van der Waals surface area contributed by atoms with Crippen LogP contribution in [0.3, 0.4) is 0 Å². The molecule has 1 aliphatic carbocycles. The van der Waals surface area contributed by atoms with Crippen molar-refractivity contribution in [2.45, 2.75) is 50.1 Å². The van der Waals surface area contributed by atoms with E-state index < -0.39 is 5.91 Å². The molecule has 3 aliphatic rings. The highest BCUT2D eigenvalue weighted by Crippen LogP contribution is 2.45. The van der Waals surface area contributed by atoms with Crippen molar-refractivity contribution in [1.82, 2.24) is 16.1 Å². The van der Waals surface area contributed by atoms with Crippen LogP contribution in [0.15, 0.2) is 12.1 Å². The largest absolute Gasteiger partial charge is 0.311 e. The highest BCUT2D eigenvalue weighted by molar-refractivity contribution is 5.93. The Balaban J connectivity index is 1.64.